The number of amides is 1. The van der Waals surface area contributed by atoms with E-state index in [1.807, 2.05) is 0 Å². The van der Waals surface area contributed by atoms with Crippen LogP contribution in [-0.4, -0.2) is 30.2 Å². The zero-order chi connectivity index (χ0) is 16.6. The standard InChI is InChI=1S/C16H16N2O5/c1-9-6-12(17-23-9)8-18-13-7-11(16(20)21-3)4-5-14(13)22-10(2)15(18)19/h4-7,10H,8H2,1-3H3. The van der Waals surface area contributed by atoms with Gasteiger partial charge in [-0.25, -0.2) is 4.79 Å². The third-order valence-corrected chi connectivity index (χ3v) is 3.59. The quantitative estimate of drug-likeness (QED) is 0.806. The Bertz CT molecular complexity index is 768. The number of benzene rings is 1. The topological polar surface area (TPSA) is 81.9 Å². The molecule has 0 spiro atoms. The summed E-state index contributed by atoms with van der Waals surface area (Å²) in [5, 5.41) is 3.91. The summed E-state index contributed by atoms with van der Waals surface area (Å²) < 4.78 is 15.4. The molecule has 0 N–H and O–H groups in total. The zero-order valence-corrected chi connectivity index (χ0v) is 13.0. The fourth-order valence-electron chi connectivity index (χ4n) is 2.47. The first-order chi connectivity index (χ1) is 11.0. The highest BCUT2D eigenvalue weighted by Gasteiger charge is 2.32. The van der Waals surface area contributed by atoms with Gasteiger partial charge in [-0.05, 0) is 32.0 Å². The first-order valence-electron chi connectivity index (χ1n) is 7.12. The molecule has 7 nitrogen and oxygen atoms in total. The summed E-state index contributed by atoms with van der Waals surface area (Å²) in [6.45, 7) is 3.70. The fraction of sp³-hybridized carbons (Fsp3) is 0.312. The predicted molar refractivity (Wildman–Crippen MR) is 80.3 cm³/mol. The van der Waals surface area contributed by atoms with Gasteiger partial charge in [-0.1, -0.05) is 5.16 Å². The molecule has 1 atom stereocenters. The molecule has 1 aliphatic rings. The molecule has 0 saturated heterocycles. The minimum atomic E-state index is -0.612. The molecule has 1 aromatic heterocycles. The number of fused-ring (bicyclic) bond motifs is 1. The molecule has 7 heteroatoms. The second-order valence-electron chi connectivity index (χ2n) is 5.29. The van der Waals surface area contributed by atoms with Gasteiger partial charge in [-0.3, -0.25) is 9.69 Å². The molecule has 0 bridgehead atoms. The van der Waals surface area contributed by atoms with Crippen LogP contribution in [0.3, 0.4) is 0 Å². The molecule has 120 valence electrons. The number of hydrogen-bond donors (Lipinski definition) is 0. The van der Waals surface area contributed by atoms with Gasteiger partial charge in [0.1, 0.15) is 17.2 Å². The number of anilines is 1. The van der Waals surface area contributed by atoms with Crippen LogP contribution >= 0.6 is 0 Å². The van der Waals surface area contributed by atoms with Crippen molar-refractivity contribution in [3.63, 3.8) is 0 Å². The number of rotatable bonds is 3. The van der Waals surface area contributed by atoms with Crippen LogP contribution in [0, 0.1) is 6.92 Å². The molecule has 0 aliphatic carbocycles. The van der Waals surface area contributed by atoms with Crippen LogP contribution in [0.25, 0.3) is 0 Å². The minimum Gasteiger partial charge on any atom is -0.479 e. The van der Waals surface area contributed by atoms with Crippen molar-refractivity contribution >= 4 is 17.6 Å². The molecule has 1 aliphatic heterocycles. The van der Waals surface area contributed by atoms with Gasteiger partial charge in [0.25, 0.3) is 5.91 Å². The summed E-state index contributed by atoms with van der Waals surface area (Å²) in [6, 6.07) is 6.60. The van der Waals surface area contributed by atoms with Crippen molar-refractivity contribution < 1.29 is 23.6 Å². The van der Waals surface area contributed by atoms with Crippen molar-refractivity contribution in [2.45, 2.75) is 26.5 Å². The summed E-state index contributed by atoms with van der Waals surface area (Å²) in [5.41, 5.74) is 1.48. The van der Waals surface area contributed by atoms with E-state index in [0.29, 0.717) is 28.5 Å². The average Bonchev–Trinajstić information content (AvgIpc) is 2.96. The average molecular weight is 316 g/mol. The largest absolute Gasteiger partial charge is 0.479 e. The number of hydrogen-bond acceptors (Lipinski definition) is 6. The number of aryl methyl sites for hydroxylation is 1. The molecule has 2 heterocycles. The van der Waals surface area contributed by atoms with E-state index >= 15 is 0 Å². The Labute approximate surface area is 132 Å². The second kappa shape index (κ2) is 5.75. The van der Waals surface area contributed by atoms with E-state index in [-0.39, 0.29) is 12.5 Å². The maximum Gasteiger partial charge on any atom is 0.337 e. The molecular weight excluding hydrogens is 300 g/mol. The third kappa shape index (κ3) is 2.77. The summed E-state index contributed by atoms with van der Waals surface area (Å²) in [7, 11) is 1.31. The number of nitrogens with zero attached hydrogens (tertiary/aromatic N) is 2. The second-order valence-corrected chi connectivity index (χ2v) is 5.29. The molecule has 0 saturated carbocycles. The Balaban J connectivity index is 2.01. The summed E-state index contributed by atoms with van der Waals surface area (Å²) >= 11 is 0. The fourth-order valence-corrected chi connectivity index (χ4v) is 2.47. The summed E-state index contributed by atoms with van der Waals surface area (Å²) in [6.07, 6.45) is -0.612. The highest BCUT2D eigenvalue weighted by atomic mass is 16.5. The Kier molecular flexibility index (Phi) is 3.77. The van der Waals surface area contributed by atoms with Gasteiger partial charge in [0, 0.05) is 6.07 Å². The lowest BCUT2D eigenvalue weighted by Gasteiger charge is -2.32. The zero-order valence-electron chi connectivity index (χ0n) is 13.0. The van der Waals surface area contributed by atoms with Gasteiger partial charge in [-0.2, -0.15) is 0 Å². The van der Waals surface area contributed by atoms with Crippen LogP contribution in [0.5, 0.6) is 5.75 Å². The number of methoxy groups -OCH3 is 1. The van der Waals surface area contributed by atoms with Gasteiger partial charge < -0.3 is 14.0 Å². The lowest BCUT2D eigenvalue weighted by Crippen LogP contribution is -2.44. The smallest absolute Gasteiger partial charge is 0.337 e. The predicted octanol–water partition coefficient (Wildman–Crippen LogP) is 2.08. The Morgan fingerprint density at radius 2 is 2.17 bits per heavy atom. The van der Waals surface area contributed by atoms with E-state index in [1.165, 1.54) is 12.0 Å². The van der Waals surface area contributed by atoms with Crippen LogP contribution < -0.4 is 9.64 Å². The molecule has 23 heavy (non-hydrogen) atoms. The number of aromatic nitrogens is 1. The van der Waals surface area contributed by atoms with E-state index in [1.54, 1.807) is 38.1 Å². The SMILES string of the molecule is COC(=O)c1ccc2c(c1)N(Cc1cc(C)on1)C(=O)C(C)O2. The molecule has 0 radical (unpaired) electrons. The van der Waals surface area contributed by atoms with Crippen LogP contribution in [0.15, 0.2) is 28.8 Å². The number of carbonyl (C=O) groups is 2. The highest BCUT2D eigenvalue weighted by molar-refractivity contribution is 6.01. The molecule has 1 aromatic carbocycles. The highest BCUT2D eigenvalue weighted by Crippen LogP contribution is 2.36. The monoisotopic (exact) mass is 316 g/mol. The van der Waals surface area contributed by atoms with E-state index in [9.17, 15) is 9.59 Å². The molecule has 1 unspecified atom stereocenters. The van der Waals surface area contributed by atoms with Gasteiger partial charge in [0.2, 0.25) is 0 Å². The van der Waals surface area contributed by atoms with Crippen molar-refractivity contribution in [1.29, 1.82) is 0 Å². The van der Waals surface area contributed by atoms with Crippen LogP contribution in [0.2, 0.25) is 0 Å². The van der Waals surface area contributed by atoms with Crippen molar-refractivity contribution in [2.75, 3.05) is 12.0 Å². The van der Waals surface area contributed by atoms with Crippen LogP contribution in [0.1, 0.15) is 28.7 Å². The van der Waals surface area contributed by atoms with Crippen molar-refractivity contribution in [2.24, 2.45) is 0 Å². The lowest BCUT2D eigenvalue weighted by molar-refractivity contribution is -0.125. The first-order valence-corrected chi connectivity index (χ1v) is 7.12. The van der Waals surface area contributed by atoms with Crippen molar-refractivity contribution in [3.8, 4) is 5.75 Å². The maximum absolute atomic E-state index is 12.5. The van der Waals surface area contributed by atoms with E-state index in [0.717, 1.165) is 0 Å². The summed E-state index contributed by atoms with van der Waals surface area (Å²) in [5.74, 6) is 0.513. The molecular formula is C16H16N2O5. The van der Waals surface area contributed by atoms with E-state index in [2.05, 4.69) is 5.16 Å². The third-order valence-electron chi connectivity index (χ3n) is 3.59. The van der Waals surface area contributed by atoms with Gasteiger partial charge in [0.05, 0.1) is 24.9 Å². The number of ether oxygens (including phenoxy) is 2. The minimum absolute atomic E-state index is 0.208. The Morgan fingerprint density at radius 3 is 2.83 bits per heavy atom. The normalized spacial score (nSPS) is 16.7. The van der Waals surface area contributed by atoms with E-state index in [4.69, 9.17) is 14.0 Å². The number of carbonyl (C=O) groups excluding carboxylic acids is 2. The molecule has 0 fully saturated rings. The first kappa shape index (κ1) is 15.1. The molecule has 1 amide bonds. The lowest BCUT2D eigenvalue weighted by atomic mass is 10.1. The summed E-state index contributed by atoms with van der Waals surface area (Å²) in [4.78, 5) is 25.7. The molecule has 2 aromatic rings. The van der Waals surface area contributed by atoms with E-state index < -0.39 is 12.1 Å². The van der Waals surface area contributed by atoms with Crippen LogP contribution in [0.4, 0.5) is 5.69 Å². The Morgan fingerprint density at radius 1 is 1.39 bits per heavy atom. The van der Waals surface area contributed by atoms with Crippen molar-refractivity contribution in [3.05, 3.63) is 41.3 Å². The molecule has 3 rings (SSSR count). The Hall–Kier alpha value is -2.83. The van der Waals surface area contributed by atoms with Gasteiger partial charge in [-0.15, -0.1) is 0 Å². The number of esters is 1. The maximum atomic E-state index is 12.5. The van der Waals surface area contributed by atoms with Crippen LogP contribution in [-0.2, 0) is 16.1 Å². The van der Waals surface area contributed by atoms with Crippen molar-refractivity contribution in [1.82, 2.24) is 5.16 Å². The van der Waals surface area contributed by atoms with Gasteiger partial charge in [0.15, 0.2) is 6.10 Å². The van der Waals surface area contributed by atoms with Gasteiger partial charge >= 0.3 is 5.97 Å².